The molecule has 4 atom stereocenters. The first-order valence-corrected chi connectivity index (χ1v) is 17.2. The van der Waals surface area contributed by atoms with E-state index in [1.54, 1.807) is 6.92 Å². The van der Waals surface area contributed by atoms with E-state index in [1.165, 1.54) is 22.6 Å². The molecule has 0 aliphatic carbocycles. The summed E-state index contributed by atoms with van der Waals surface area (Å²) in [5, 5.41) is 3.14. The standard InChI is InChI=1S/C35H33F7N4O4S/c1-20-16-44-18-27(46(20)51(48,49)29-9-7-28(8-10-29)50-35(40,41)42)6-11-30-23(17-45-19-31(30)39)14-32(47)34(43)33(21-2-4-24(36)5-3-21)22-12-25(37)15-26(38)13-22/h2-5,7-10,12-13,15,17,19-20,27,33-34,44H,6,11,14,16,18,43H2,1H3/t20-,27-,33-,34+/m0/s1. The third kappa shape index (κ3) is 9.11. The van der Waals surface area contributed by atoms with Gasteiger partial charge in [0.15, 0.2) is 5.78 Å². The Morgan fingerprint density at radius 1 is 0.941 bits per heavy atom. The summed E-state index contributed by atoms with van der Waals surface area (Å²) < 4.78 is 128. The van der Waals surface area contributed by atoms with Crippen LogP contribution in [0.5, 0.6) is 5.75 Å². The molecule has 0 bridgehead atoms. The highest BCUT2D eigenvalue weighted by molar-refractivity contribution is 7.89. The number of piperazine rings is 1. The Morgan fingerprint density at radius 2 is 1.59 bits per heavy atom. The minimum absolute atomic E-state index is 0.0280. The van der Waals surface area contributed by atoms with Gasteiger partial charge in [0.05, 0.1) is 17.1 Å². The van der Waals surface area contributed by atoms with Gasteiger partial charge in [-0.1, -0.05) is 12.1 Å². The maximum Gasteiger partial charge on any atom is 0.573 e. The van der Waals surface area contributed by atoms with Gasteiger partial charge in [-0.25, -0.2) is 26.0 Å². The summed E-state index contributed by atoms with van der Waals surface area (Å²) in [6.07, 6.45) is -3.16. The predicted molar refractivity (Wildman–Crippen MR) is 172 cm³/mol. The number of Topliss-reactive ketones (excluding diaryl/α,β-unsaturated/α-hetero) is 1. The highest BCUT2D eigenvalue weighted by Crippen LogP contribution is 2.32. The Labute approximate surface area is 289 Å². The number of aromatic nitrogens is 1. The number of hydrogen-bond donors (Lipinski definition) is 2. The second-order valence-electron chi connectivity index (χ2n) is 12.2. The fourth-order valence-electron chi connectivity index (χ4n) is 6.36. The molecule has 5 rings (SSSR count). The molecule has 0 unspecified atom stereocenters. The van der Waals surface area contributed by atoms with Crippen molar-refractivity contribution in [3.8, 4) is 5.75 Å². The van der Waals surface area contributed by atoms with Crippen molar-refractivity contribution >= 4 is 15.8 Å². The summed E-state index contributed by atoms with van der Waals surface area (Å²) in [6, 6.07) is 8.69. The third-order valence-electron chi connectivity index (χ3n) is 8.64. The van der Waals surface area contributed by atoms with Crippen molar-refractivity contribution in [3.63, 3.8) is 0 Å². The smallest absolute Gasteiger partial charge is 0.406 e. The normalized spacial score (nSPS) is 18.3. The first kappa shape index (κ1) is 37.9. The number of ether oxygens (including phenoxy) is 1. The van der Waals surface area contributed by atoms with Gasteiger partial charge in [-0.05, 0) is 90.6 Å². The van der Waals surface area contributed by atoms with E-state index in [9.17, 15) is 39.6 Å². The first-order chi connectivity index (χ1) is 24.0. The minimum Gasteiger partial charge on any atom is -0.406 e. The van der Waals surface area contributed by atoms with Gasteiger partial charge in [0, 0.05) is 49.8 Å². The van der Waals surface area contributed by atoms with E-state index in [2.05, 4.69) is 15.0 Å². The van der Waals surface area contributed by atoms with E-state index in [0.29, 0.717) is 11.6 Å². The number of nitrogens with zero attached hydrogens (tertiary/aromatic N) is 2. The minimum atomic E-state index is -4.96. The van der Waals surface area contributed by atoms with E-state index < -0.39 is 81.7 Å². The SMILES string of the molecule is C[C@H]1CNC[C@H](CCc2c(F)cncc2CC(=O)[C@@H](N)[C@@H](c2ccc(F)cc2)c2cc(F)cc(F)c2)N1S(=O)(=O)c1ccc(OC(F)(F)F)cc1. The average Bonchev–Trinajstić information content (AvgIpc) is 3.04. The maximum atomic E-state index is 15.3. The molecule has 16 heteroatoms. The number of sulfonamides is 1. The van der Waals surface area contributed by atoms with Crippen LogP contribution in [0.25, 0.3) is 0 Å². The molecular formula is C35H33F7N4O4S. The van der Waals surface area contributed by atoms with Crippen LogP contribution in [0.1, 0.15) is 41.5 Å². The molecule has 0 radical (unpaired) electrons. The fourth-order valence-corrected chi connectivity index (χ4v) is 8.21. The number of halogens is 7. The molecule has 0 spiro atoms. The Hall–Kier alpha value is -4.38. The summed E-state index contributed by atoms with van der Waals surface area (Å²) in [4.78, 5) is 17.3. The number of carbonyl (C=O) groups is 1. The topological polar surface area (TPSA) is 115 Å². The lowest BCUT2D eigenvalue weighted by molar-refractivity contribution is -0.274. The predicted octanol–water partition coefficient (Wildman–Crippen LogP) is 5.79. The molecule has 4 aromatic rings. The summed E-state index contributed by atoms with van der Waals surface area (Å²) in [7, 11) is -4.24. The van der Waals surface area contributed by atoms with Crippen LogP contribution < -0.4 is 15.8 Å². The van der Waals surface area contributed by atoms with Gasteiger partial charge in [0.1, 0.15) is 29.0 Å². The Kier molecular flexibility index (Phi) is 11.5. The Bertz CT molecular complexity index is 1940. The van der Waals surface area contributed by atoms with E-state index in [4.69, 9.17) is 5.73 Å². The van der Waals surface area contributed by atoms with Crippen LogP contribution in [-0.2, 0) is 27.7 Å². The number of alkyl halides is 3. The lowest BCUT2D eigenvalue weighted by Crippen LogP contribution is -2.58. The number of benzene rings is 3. The van der Waals surface area contributed by atoms with Crippen molar-refractivity contribution in [1.29, 1.82) is 0 Å². The zero-order valence-electron chi connectivity index (χ0n) is 27.0. The van der Waals surface area contributed by atoms with Crippen molar-refractivity contribution in [2.24, 2.45) is 5.73 Å². The van der Waals surface area contributed by atoms with E-state index >= 15 is 4.39 Å². The molecule has 0 amide bonds. The largest absolute Gasteiger partial charge is 0.573 e. The van der Waals surface area contributed by atoms with Crippen LogP contribution in [-0.4, -0.2) is 61.1 Å². The Morgan fingerprint density at radius 3 is 2.22 bits per heavy atom. The molecule has 51 heavy (non-hydrogen) atoms. The maximum absolute atomic E-state index is 15.3. The highest BCUT2D eigenvalue weighted by atomic mass is 32.2. The number of ketones is 1. The van der Waals surface area contributed by atoms with Gasteiger partial charge >= 0.3 is 6.36 Å². The van der Waals surface area contributed by atoms with Crippen molar-refractivity contribution in [2.45, 2.75) is 61.5 Å². The number of hydrogen-bond acceptors (Lipinski definition) is 7. The van der Waals surface area contributed by atoms with Crippen LogP contribution in [0.3, 0.4) is 0 Å². The first-order valence-electron chi connectivity index (χ1n) is 15.7. The number of rotatable bonds is 12. The van der Waals surface area contributed by atoms with Crippen molar-refractivity contribution < 1.29 is 48.7 Å². The summed E-state index contributed by atoms with van der Waals surface area (Å²) >= 11 is 0. The average molecular weight is 739 g/mol. The number of carbonyl (C=O) groups excluding carboxylic acids is 1. The quantitative estimate of drug-likeness (QED) is 0.177. The third-order valence-corrected chi connectivity index (χ3v) is 10.7. The van der Waals surface area contributed by atoms with E-state index in [0.717, 1.165) is 54.7 Å². The highest BCUT2D eigenvalue weighted by Gasteiger charge is 2.38. The van der Waals surface area contributed by atoms with Gasteiger partial charge in [-0.3, -0.25) is 9.78 Å². The van der Waals surface area contributed by atoms with Crippen LogP contribution in [0.15, 0.2) is 84.0 Å². The van der Waals surface area contributed by atoms with Gasteiger partial charge in [0.25, 0.3) is 0 Å². The van der Waals surface area contributed by atoms with Gasteiger partial charge in [-0.15, -0.1) is 13.2 Å². The zero-order valence-corrected chi connectivity index (χ0v) is 27.8. The number of nitrogens with two attached hydrogens (primary N) is 1. The van der Waals surface area contributed by atoms with E-state index in [1.807, 2.05) is 0 Å². The molecule has 3 aromatic carbocycles. The molecule has 1 fully saturated rings. The molecule has 1 aliphatic heterocycles. The molecule has 272 valence electrons. The lowest BCUT2D eigenvalue weighted by atomic mass is 9.82. The second kappa shape index (κ2) is 15.5. The van der Waals surface area contributed by atoms with Gasteiger partial charge in [0.2, 0.25) is 10.0 Å². The molecule has 2 heterocycles. The monoisotopic (exact) mass is 738 g/mol. The van der Waals surface area contributed by atoms with Crippen LogP contribution in [0.2, 0.25) is 0 Å². The van der Waals surface area contributed by atoms with Gasteiger partial charge < -0.3 is 15.8 Å². The van der Waals surface area contributed by atoms with Crippen molar-refractivity contribution in [1.82, 2.24) is 14.6 Å². The molecule has 3 N–H and O–H groups in total. The summed E-state index contributed by atoms with van der Waals surface area (Å²) in [5.41, 5.74) is 6.99. The number of pyridine rings is 1. The summed E-state index contributed by atoms with van der Waals surface area (Å²) in [6.45, 7) is 2.10. The Balaban J connectivity index is 1.37. The van der Waals surface area contributed by atoms with Crippen molar-refractivity contribution in [3.05, 3.63) is 125 Å². The molecule has 1 saturated heterocycles. The summed E-state index contributed by atoms with van der Waals surface area (Å²) in [5.74, 6) is -5.50. The number of nitrogens with one attached hydrogen (secondary N) is 1. The molecule has 0 saturated carbocycles. The van der Waals surface area contributed by atoms with Gasteiger partial charge in [-0.2, -0.15) is 4.31 Å². The fraction of sp³-hybridized carbons (Fsp3) is 0.314. The molecule has 8 nitrogen and oxygen atoms in total. The van der Waals surface area contributed by atoms with Crippen LogP contribution in [0.4, 0.5) is 30.7 Å². The molecule has 1 aromatic heterocycles. The second-order valence-corrected chi connectivity index (χ2v) is 14.1. The zero-order chi connectivity index (χ0) is 37.1. The van der Waals surface area contributed by atoms with Crippen molar-refractivity contribution in [2.75, 3.05) is 13.1 Å². The van der Waals surface area contributed by atoms with Crippen LogP contribution in [0, 0.1) is 23.3 Å². The molecule has 1 aliphatic rings. The van der Waals surface area contributed by atoms with Crippen LogP contribution >= 0.6 is 0 Å². The lowest BCUT2D eigenvalue weighted by Gasteiger charge is -2.40. The van der Waals surface area contributed by atoms with E-state index in [-0.39, 0.29) is 47.5 Å². The molecular weight excluding hydrogens is 705 g/mol.